The highest BCUT2D eigenvalue weighted by molar-refractivity contribution is 7.52. The molecule has 0 spiro atoms. The van der Waals surface area contributed by atoms with Crippen molar-refractivity contribution in [2.45, 2.75) is 37.8 Å². The van der Waals surface area contributed by atoms with Gasteiger partial charge in [-0.3, -0.25) is 9.36 Å². The van der Waals surface area contributed by atoms with E-state index in [0.29, 0.717) is 24.3 Å². The highest BCUT2D eigenvalue weighted by Crippen LogP contribution is 2.52. The predicted molar refractivity (Wildman–Crippen MR) is 115 cm³/mol. The first-order valence-electron chi connectivity index (χ1n) is 10.4. The largest absolute Gasteiger partial charge is 0.477 e. The maximum Gasteiger partial charge on any atom is 0.356 e. The first-order valence-corrected chi connectivity index (χ1v) is 12.0. The molecule has 1 aromatic carbocycles. The summed E-state index contributed by atoms with van der Waals surface area (Å²) in [6.07, 6.45) is 3.04. The van der Waals surface area contributed by atoms with Crippen LogP contribution < -0.4 is 15.6 Å². The van der Waals surface area contributed by atoms with E-state index in [1.54, 1.807) is 13.0 Å². The zero-order valence-electron chi connectivity index (χ0n) is 17.4. The number of carboxylic acid groups (broad SMARTS) is 1. The molecule has 12 heteroatoms. The number of piperazine rings is 1. The number of pyridine rings is 1. The summed E-state index contributed by atoms with van der Waals surface area (Å²) in [5, 5.41) is 12.6. The minimum atomic E-state index is -3.90. The van der Waals surface area contributed by atoms with Crippen molar-refractivity contribution < 1.29 is 33.4 Å². The minimum absolute atomic E-state index is 0.137. The van der Waals surface area contributed by atoms with Crippen molar-refractivity contribution in [2.24, 2.45) is 0 Å². The fraction of sp³-hybridized carbons (Fsp3) is 0.500. The number of fused-ring (bicyclic) bond motifs is 1. The molecule has 2 saturated heterocycles. The van der Waals surface area contributed by atoms with Gasteiger partial charge in [0.1, 0.15) is 11.4 Å². The van der Waals surface area contributed by atoms with Gasteiger partial charge in [-0.15, -0.1) is 0 Å². The molecular weight excluding hydrogens is 444 g/mol. The van der Waals surface area contributed by atoms with E-state index in [1.165, 1.54) is 12.3 Å². The van der Waals surface area contributed by atoms with E-state index in [0.717, 1.165) is 25.9 Å². The average molecular weight is 469 g/mol. The molecule has 0 bridgehead atoms. The lowest BCUT2D eigenvalue weighted by molar-refractivity contribution is 0.0694. The molecule has 3 heterocycles. The summed E-state index contributed by atoms with van der Waals surface area (Å²) in [6, 6.07) is 3.08. The van der Waals surface area contributed by atoms with E-state index < -0.39 is 30.7 Å². The molecule has 10 nitrogen and oxygen atoms in total. The Labute approximate surface area is 182 Å². The fourth-order valence-corrected chi connectivity index (χ4v) is 4.74. The topological polar surface area (TPSA) is 145 Å². The summed E-state index contributed by atoms with van der Waals surface area (Å²) in [5.74, 6) is -2.57. The first kappa shape index (κ1) is 22.9. The van der Waals surface area contributed by atoms with Crippen molar-refractivity contribution in [2.75, 3.05) is 31.1 Å². The van der Waals surface area contributed by atoms with Crippen LogP contribution in [0.2, 0.25) is 0 Å². The van der Waals surface area contributed by atoms with E-state index in [2.05, 4.69) is 10.1 Å². The number of halogens is 1. The van der Waals surface area contributed by atoms with Gasteiger partial charge in [-0.25, -0.2) is 9.18 Å². The Hall–Kier alpha value is -2.30. The molecule has 1 aliphatic carbocycles. The molecule has 3 aliphatic rings. The Bertz CT molecular complexity index is 1150. The maximum atomic E-state index is 14.6. The van der Waals surface area contributed by atoms with Crippen LogP contribution >= 0.6 is 7.60 Å². The number of rotatable bonds is 4. The van der Waals surface area contributed by atoms with Gasteiger partial charge in [0, 0.05) is 43.8 Å². The lowest BCUT2D eigenvalue weighted by Crippen LogP contribution is -2.43. The van der Waals surface area contributed by atoms with Crippen LogP contribution in [0.1, 0.15) is 36.2 Å². The summed E-state index contributed by atoms with van der Waals surface area (Å²) in [4.78, 5) is 42.3. The Kier molecular flexibility index (Phi) is 6.12. The molecule has 32 heavy (non-hydrogen) atoms. The van der Waals surface area contributed by atoms with Crippen molar-refractivity contribution >= 4 is 30.2 Å². The number of aromatic nitrogens is 1. The highest BCUT2D eigenvalue weighted by Gasteiger charge is 2.48. The van der Waals surface area contributed by atoms with Gasteiger partial charge in [-0.1, -0.05) is 0 Å². The standard InChI is InChI=1S/C17H18FN3O3.C3H7O4P/c18-13-7-11-14(8-15(13)20-5-3-19-4-6-20)21(10-1-2-10)9-12(16(11)22)17(23)24;1-2-3(7-2)8(4,5)6/h7-10,19H,1-6H2,(H,23,24);2-3H,1H3,(H2,4,5,6)/t;2-,3+/m.0/s1. The van der Waals surface area contributed by atoms with Crippen molar-refractivity contribution in [3.05, 3.63) is 39.9 Å². The number of carbonyl (C=O) groups is 1. The number of hydrogen-bond acceptors (Lipinski definition) is 6. The number of hydrogen-bond donors (Lipinski definition) is 4. The van der Waals surface area contributed by atoms with E-state index in [-0.39, 0.29) is 23.1 Å². The molecule has 3 fully saturated rings. The minimum Gasteiger partial charge on any atom is -0.477 e. The maximum absolute atomic E-state index is 14.6. The van der Waals surface area contributed by atoms with Gasteiger partial charge in [0.15, 0.2) is 5.85 Å². The molecule has 174 valence electrons. The summed E-state index contributed by atoms with van der Waals surface area (Å²) >= 11 is 0. The third-order valence-electron chi connectivity index (χ3n) is 5.74. The second kappa shape index (κ2) is 8.57. The number of nitrogens with one attached hydrogen (secondary N) is 1. The molecule has 0 amide bonds. The Morgan fingerprint density at radius 1 is 1.25 bits per heavy atom. The van der Waals surface area contributed by atoms with Crippen LogP contribution in [0, 0.1) is 5.82 Å². The molecule has 0 unspecified atom stereocenters. The number of carboxylic acids is 1. The number of benzene rings is 1. The van der Waals surface area contributed by atoms with Gasteiger partial charge in [0.05, 0.1) is 17.3 Å². The Balaban J connectivity index is 0.000000260. The summed E-state index contributed by atoms with van der Waals surface area (Å²) < 4.78 is 31.1. The molecule has 2 aliphatic heterocycles. The second-order valence-corrected chi connectivity index (χ2v) is 9.88. The molecule has 0 radical (unpaired) electrons. The smallest absolute Gasteiger partial charge is 0.356 e. The van der Waals surface area contributed by atoms with E-state index in [4.69, 9.17) is 9.79 Å². The van der Waals surface area contributed by atoms with Gasteiger partial charge in [0.2, 0.25) is 5.43 Å². The quantitative estimate of drug-likeness (QED) is 0.387. The molecule has 1 saturated carbocycles. The number of epoxide rings is 1. The van der Waals surface area contributed by atoms with Crippen LogP contribution in [0.5, 0.6) is 0 Å². The van der Waals surface area contributed by atoms with Crippen LogP contribution in [0.15, 0.2) is 23.1 Å². The third kappa shape index (κ3) is 4.72. The monoisotopic (exact) mass is 469 g/mol. The Morgan fingerprint density at radius 2 is 1.88 bits per heavy atom. The zero-order chi connectivity index (χ0) is 23.2. The number of aromatic carboxylic acids is 1. The zero-order valence-corrected chi connectivity index (χ0v) is 18.3. The number of anilines is 1. The highest BCUT2D eigenvalue weighted by atomic mass is 31.2. The van der Waals surface area contributed by atoms with Crippen molar-refractivity contribution in [3.8, 4) is 0 Å². The molecule has 5 rings (SSSR count). The van der Waals surface area contributed by atoms with Gasteiger partial charge >= 0.3 is 13.6 Å². The number of nitrogens with zero attached hydrogens (tertiary/aromatic N) is 2. The van der Waals surface area contributed by atoms with Crippen LogP contribution in [-0.4, -0.2) is 63.6 Å². The molecule has 2 aromatic rings. The molecule has 1 aromatic heterocycles. The van der Waals surface area contributed by atoms with Crippen molar-refractivity contribution in [1.82, 2.24) is 9.88 Å². The first-order chi connectivity index (χ1) is 15.1. The summed E-state index contributed by atoms with van der Waals surface area (Å²) in [5.41, 5.74) is 0.159. The normalized spacial score (nSPS) is 22.9. The lowest BCUT2D eigenvalue weighted by atomic mass is 10.1. The predicted octanol–water partition coefficient (Wildman–Crippen LogP) is 1.49. The lowest BCUT2D eigenvalue weighted by Gasteiger charge is -2.30. The third-order valence-corrected chi connectivity index (χ3v) is 6.94. The van der Waals surface area contributed by atoms with Crippen LogP contribution in [0.4, 0.5) is 10.1 Å². The van der Waals surface area contributed by atoms with Gasteiger partial charge in [-0.05, 0) is 31.9 Å². The van der Waals surface area contributed by atoms with E-state index in [9.17, 15) is 23.7 Å². The van der Waals surface area contributed by atoms with Gasteiger partial charge in [-0.2, -0.15) is 0 Å². The van der Waals surface area contributed by atoms with Crippen molar-refractivity contribution in [1.29, 1.82) is 0 Å². The van der Waals surface area contributed by atoms with Crippen LogP contribution in [0.25, 0.3) is 10.9 Å². The van der Waals surface area contributed by atoms with E-state index in [1.807, 2.05) is 9.47 Å². The van der Waals surface area contributed by atoms with Crippen LogP contribution in [-0.2, 0) is 9.30 Å². The second-order valence-electron chi connectivity index (χ2n) is 8.19. The Morgan fingerprint density at radius 3 is 2.34 bits per heavy atom. The summed E-state index contributed by atoms with van der Waals surface area (Å²) in [7, 11) is -3.90. The van der Waals surface area contributed by atoms with Gasteiger partial charge < -0.3 is 34.4 Å². The molecular formula is C20H25FN3O7P. The molecule has 2 atom stereocenters. The average Bonchev–Trinajstić information content (AvgIpc) is 3.65. The van der Waals surface area contributed by atoms with Crippen molar-refractivity contribution in [3.63, 3.8) is 0 Å². The fourth-order valence-electron chi connectivity index (χ4n) is 3.84. The van der Waals surface area contributed by atoms with Gasteiger partial charge in [0.25, 0.3) is 0 Å². The van der Waals surface area contributed by atoms with E-state index >= 15 is 0 Å². The SMILES string of the molecule is C[C@@H]1O[C@@H]1P(=O)(O)O.O=C(O)c1cn(C2CC2)c2cc(N3CCNCC3)c(F)cc2c1=O. The number of ether oxygens (including phenoxy) is 1. The molecule has 4 N–H and O–H groups in total. The summed E-state index contributed by atoms with van der Waals surface area (Å²) in [6.45, 7) is 4.59. The van der Waals surface area contributed by atoms with Crippen LogP contribution in [0.3, 0.4) is 0 Å².